The van der Waals surface area contributed by atoms with Crippen LogP contribution in [0.5, 0.6) is 0 Å². The molecule has 2 fully saturated rings. The van der Waals surface area contributed by atoms with E-state index in [1.807, 2.05) is 0 Å². The Morgan fingerprint density at radius 2 is 2.12 bits per heavy atom. The zero-order valence-electron chi connectivity index (χ0n) is 10.2. The van der Waals surface area contributed by atoms with Gasteiger partial charge in [-0.25, -0.2) is 0 Å². The minimum Gasteiger partial charge on any atom is -0.354 e. The maximum Gasteiger partial charge on any atom is 0.239 e. The fourth-order valence-electron chi connectivity index (χ4n) is 2.49. The molecule has 1 aliphatic carbocycles. The summed E-state index contributed by atoms with van der Waals surface area (Å²) in [6.07, 6.45) is 5.72. The monoisotopic (exact) mass is 239 g/mol. The highest BCUT2D eigenvalue weighted by atomic mass is 16.2. The molecule has 1 aliphatic heterocycles. The first kappa shape index (κ1) is 12.4. The molecular weight excluding hydrogens is 218 g/mol. The Morgan fingerprint density at radius 1 is 1.35 bits per heavy atom. The molecular formula is C12H21N3O2. The molecule has 2 amide bonds. The molecule has 96 valence electrons. The van der Waals surface area contributed by atoms with E-state index in [2.05, 4.69) is 10.6 Å². The van der Waals surface area contributed by atoms with E-state index in [-0.39, 0.29) is 18.4 Å². The Hall–Kier alpha value is -1.10. The highest BCUT2D eigenvalue weighted by Gasteiger charge is 2.21. The molecule has 1 heterocycles. The molecule has 0 aromatic rings. The van der Waals surface area contributed by atoms with Gasteiger partial charge in [0.25, 0.3) is 0 Å². The predicted molar refractivity (Wildman–Crippen MR) is 64.5 cm³/mol. The van der Waals surface area contributed by atoms with Crippen molar-refractivity contribution in [3.8, 4) is 0 Å². The Kier molecular flexibility index (Phi) is 4.36. The van der Waals surface area contributed by atoms with Gasteiger partial charge in [-0.1, -0.05) is 12.8 Å². The predicted octanol–water partition coefficient (Wildman–Crippen LogP) is -0.133. The molecule has 0 radical (unpaired) electrons. The van der Waals surface area contributed by atoms with Crippen molar-refractivity contribution >= 4 is 11.8 Å². The molecule has 0 unspecified atom stereocenters. The summed E-state index contributed by atoms with van der Waals surface area (Å²) in [6.45, 7) is 1.95. The van der Waals surface area contributed by atoms with Crippen LogP contribution in [-0.2, 0) is 9.59 Å². The lowest BCUT2D eigenvalue weighted by atomic mass is 10.2. The Morgan fingerprint density at radius 3 is 2.88 bits per heavy atom. The summed E-state index contributed by atoms with van der Waals surface area (Å²) < 4.78 is 0. The van der Waals surface area contributed by atoms with Crippen molar-refractivity contribution in [2.75, 3.05) is 26.2 Å². The molecule has 0 atom stereocenters. The third-order valence-corrected chi connectivity index (χ3v) is 3.51. The van der Waals surface area contributed by atoms with E-state index in [4.69, 9.17) is 0 Å². The van der Waals surface area contributed by atoms with Crippen LogP contribution < -0.4 is 10.6 Å². The molecule has 2 rings (SSSR count). The quantitative estimate of drug-likeness (QED) is 0.721. The van der Waals surface area contributed by atoms with Gasteiger partial charge >= 0.3 is 0 Å². The van der Waals surface area contributed by atoms with Crippen molar-refractivity contribution < 1.29 is 9.59 Å². The van der Waals surface area contributed by atoms with Crippen molar-refractivity contribution in [3.05, 3.63) is 0 Å². The number of nitrogens with one attached hydrogen (secondary N) is 2. The Balaban J connectivity index is 1.75. The number of nitrogens with zero attached hydrogens (tertiary/aromatic N) is 1. The minimum absolute atomic E-state index is 0.0447. The van der Waals surface area contributed by atoms with Gasteiger partial charge in [-0.15, -0.1) is 0 Å². The normalized spacial score (nSPS) is 22.4. The maximum atomic E-state index is 11.9. The first-order valence-corrected chi connectivity index (χ1v) is 6.53. The van der Waals surface area contributed by atoms with Crippen LogP contribution in [0.25, 0.3) is 0 Å². The van der Waals surface area contributed by atoms with Crippen LogP contribution in [0.3, 0.4) is 0 Å². The molecule has 2 N–H and O–H groups in total. The summed E-state index contributed by atoms with van der Waals surface area (Å²) in [5.41, 5.74) is 0. The summed E-state index contributed by atoms with van der Waals surface area (Å²) in [4.78, 5) is 24.9. The van der Waals surface area contributed by atoms with Crippen molar-refractivity contribution in [1.29, 1.82) is 0 Å². The number of carbonyl (C=O) groups is 2. The zero-order valence-corrected chi connectivity index (χ0v) is 10.2. The van der Waals surface area contributed by atoms with Crippen LogP contribution in [-0.4, -0.2) is 48.9 Å². The number of hydrogen-bond donors (Lipinski definition) is 2. The lowest BCUT2D eigenvalue weighted by Gasteiger charge is -2.20. The van der Waals surface area contributed by atoms with Crippen LogP contribution in [0.15, 0.2) is 0 Å². The van der Waals surface area contributed by atoms with Crippen LogP contribution in [0.4, 0.5) is 0 Å². The molecule has 5 heteroatoms. The van der Waals surface area contributed by atoms with Gasteiger partial charge in [-0.2, -0.15) is 0 Å². The second-order valence-electron chi connectivity index (χ2n) is 4.88. The third-order valence-electron chi connectivity index (χ3n) is 3.51. The van der Waals surface area contributed by atoms with Gasteiger partial charge in [-0.05, 0) is 19.3 Å². The summed E-state index contributed by atoms with van der Waals surface area (Å²) in [6, 6.07) is 0.500. The van der Waals surface area contributed by atoms with Crippen LogP contribution in [0.1, 0.15) is 32.1 Å². The maximum absolute atomic E-state index is 11.9. The minimum atomic E-state index is -0.0447. The van der Waals surface area contributed by atoms with Crippen molar-refractivity contribution in [2.45, 2.75) is 38.1 Å². The smallest absolute Gasteiger partial charge is 0.239 e. The number of rotatable bonds is 3. The van der Waals surface area contributed by atoms with E-state index in [9.17, 15) is 9.59 Å². The van der Waals surface area contributed by atoms with E-state index in [1.165, 1.54) is 25.7 Å². The van der Waals surface area contributed by atoms with Crippen LogP contribution in [0.2, 0.25) is 0 Å². The highest BCUT2D eigenvalue weighted by molar-refractivity contribution is 5.86. The topological polar surface area (TPSA) is 61.4 Å². The fraction of sp³-hybridized carbons (Fsp3) is 0.833. The van der Waals surface area contributed by atoms with Crippen molar-refractivity contribution in [2.24, 2.45) is 0 Å². The number of hydrogen-bond acceptors (Lipinski definition) is 3. The Labute approximate surface area is 102 Å². The zero-order chi connectivity index (χ0) is 12.1. The SMILES string of the molecule is O=C1CN(C(=O)CNC2CCCC2)CCCN1. The van der Waals surface area contributed by atoms with Gasteiger partial charge in [0.05, 0.1) is 13.1 Å². The average molecular weight is 239 g/mol. The molecule has 0 aromatic carbocycles. The van der Waals surface area contributed by atoms with E-state index < -0.39 is 0 Å². The summed E-state index contributed by atoms with van der Waals surface area (Å²) in [7, 11) is 0. The van der Waals surface area contributed by atoms with Crippen molar-refractivity contribution in [1.82, 2.24) is 15.5 Å². The number of amides is 2. The van der Waals surface area contributed by atoms with E-state index in [1.54, 1.807) is 4.90 Å². The molecule has 17 heavy (non-hydrogen) atoms. The standard InChI is InChI=1S/C12H21N3O2/c16-11-9-15(7-3-6-13-11)12(17)8-14-10-4-1-2-5-10/h10,14H,1-9H2,(H,13,16). The van der Waals surface area contributed by atoms with E-state index in [0.717, 1.165) is 6.42 Å². The van der Waals surface area contributed by atoms with Gasteiger partial charge in [-0.3, -0.25) is 9.59 Å². The summed E-state index contributed by atoms with van der Waals surface area (Å²) >= 11 is 0. The second kappa shape index (κ2) is 6.00. The molecule has 2 aliphatic rings. The van der Waals surface area contributed by atoms with Gasteiger partial charge < -0.3 is 15.5 Å². The van der Waals surface area contributed by atoms with Gasteiger partial charge in [0.2, 0.25) is 11.8 Å². The van der Waals surface area contributed by atoms with E-state index in [0.29, 0.717) is 25.7 Å². The molecule has 1 saturated heterocycles. The van der Waals surface area contributed by atoms with Gasteiger partial charge in [0.15, 0.2) is 0 Å². The first-order chi connectivity index (χ1) is 8.25. The molecule has 0 bridgehead atoms. The largest absolute Gasteiger partial charge is 0.354 e. The summed E-state index contributed by atoms with van der Waals surface area (Å²) in [5.74, 6) is 0.00525. The highest BCUT2D eigenvalue weighted by Crippen LogP contribution is 2.17. The number of carbonyl (C=O) groups excluding carboxylic acids is 2. The third kappa shape index (κ3) is 3.70. The summed E-state index contributed by atoms with van der Waals surface area (Å²) in [5, 5.41) is 6.06. The Bertz CT molecular complexity index is 287. The molecule has 0 spiro atoms. The lowest BCUT2D eigenvalue weighted by Crippen LogP contribution is -2.43. The van der Waals surface area contributed by atoms with Crippen LogP contribution in [0, 0.1) is 0 Å². The van der Waals surface area contributed by atoms with E-state index >= 15 is 0 Å². The lowest BCUT2D eigenvalue weighted by molar-refractivity contribution is -0.134. The van der Waals surface area contributed by atoms with Crippen molar-refractivity contribution in [3.63, 3.8) is 0 Å². The van der Waals surface area contributed by atoms with Crippen LogP contribution >= 0.6 is 0 Å². The second-order valence-corrected chi connectivity index (χ2v) is 4.88. The molecule has 5 nitrogen and oxygen atoms in total. The average Bonchev–Trinajstić information content (AvgIpc) is 2.74. The first-order valence-electron chi connectivity index (χ1n) is 6.53. The van der Waals surface area contributed by atoms with Gasteiger partial charge in [0, 0.05) is 19.1 Å². The molecule has 0 aromatic heterocycles. The van der Waals surface area contributed by atoms with Gasteiger partial charge in [0.1, 0.15) is 0 Å². The molecule has 1 saturated carbocycles. The fourth-order valence-corrected chi connectivity index (χ4v) is 2.49.